The predicted octanol–water partition coefficient (Wildman–Crippen LogP) is 2.57. The number of furan rings is 1. The quantitative estimate of drug-likeness (QED) is 0.881. The smallest absolute Gasteiger partial charge is 0.266 e. The molecule has 2 aromatic rings. The maximum absolute atomic E-state index is 12.2. The second kappa shape index (κ2) is 7.18. The van der Waals surface area contributed by atoms with Crippen molar-refractivity contribution < 1.29 is 9.21 Å². The predicted molar refractivity (Wildman–Crippen MR) is 89.6 cm³/mol. The molecule has 0 fully saturated rings. The van der Waals surface area contributed by atoms with Crippen LogP contribution in [-0.4, -0.2) is 10.9 Å². The Balaban J connectivity index is 2.05. The molecule has 0 aliphatic rings. The highest BCUT2D eigenvalue weighted by molar-refractivity contribution is 5.76. The molecule has 1 atom stereocenters. The van der Waals surface area contributed by atoms with Crippen molar-refractivity contribution in [2.24, 2.45) is 0 Å². The minimum Gasteiger partial charge on any atom is -0.464 e. The fourth-order valence-corrected chi connectivity index (χ4v) is 2.73. The van der Waals surface area contributed by atoms with E-state index >= 15 is 0 Å². The number of nitrogens with one attached hydrogen (secondary N) is 2. The second-order valence-corrected chi connectivity index (χ2v) is 5.91. The van der Waals surface area contributed by atoms with Gasteiger partial charge in [-0.05, 0) is 57.4 Å². The van der Waals surface area contributed by atoms with Crippen LogP contribution in [0.15, 0.2) is 21.3 Å². The van der Waals surface area contributed by atoms with Crippen LogP contribution in [0.5, 0.6) is 0 Å². The highest BCUT2D eigenvalue weighted by atomic mass is 16.3. The molecule has 0 bridgehead atoms. The summed E-state index contributed by atoms with van der Waals surface area (Å²) in [6, 6.07) is 5.41. The lowest BCUT2D eigenvalue weighted by Gasteiger charge is -2.13. The Morgan fingerprint density at radius 1 is 1.38 bits per heavy atom. The third-order valence-electron chi connectivity index (χ3n) is 4.09. The fraction of sp³-hybridized carbons (Fsp3) is 0.389. The zero-order chi connectivity index (χ0) is 17.9. The van der Waals surface area contributed by atoms with Crippen LogP contribution in [0.1, 0.15) is 53.3 Å². The van der Waals surface area contributed by atoms with E-state index in [2.05, 4.69) is 10.3 Å². The summed E-state index contributed by atoms with van der Waals surface area (Å²) in [6.45, 7) is 7.23. The Bertz CT molecular complexity index is 855. The normalized spacial score (nSPS) is 11.8. The van der Waals surface area contributed by atoms with Gasteiger partial charge in [-0.15, -0.1) is 0 Å². The van der Waals surface area contributed by atoms with Crippen molar-refractivity contribution in [3.8, 4) is 6.07 Å². The minimum atomic E-state index is -0.387. The highest BCUT2D eigenvalue weighted by Crippen LogP contribution is 2.17. The number of rotatable bonds is 5. The zero-order valence-corrected chi connectivity index (χ0v) is 14.3. The summed E-state index contributed by atoms with van der Waals surface area (Å²) in [7, 11) is 0. The average molecular weight is 327 g/mol. The van der Waals surface area contributed by atoms with Crippen LogP contribution in [0.3, 0.4) is 0 Å². The van der Waals surface area contributed by atoms with Gasteiger partial charge in [-0.25, -0.2) is 0 Å². The van der Waals surface area contributed by atoms with Crippen molar-refractivity contribution in [3.05, 3.63) is 56.4 Å². The Labute approximate surface area is 140 Å². The summed E-state index contributed by atoms with van der Waals surface area (Å²) in [5.41, 5.74) is 1.89. The lowest BCUT2D eigenvalue weighted by Crippen LogP contribution is -2.27. The Hall–Kier alpha value is -2.81. The first-order valence-electron chi connectivity index (χ1n) is 7.81. The van der Waals surface area contributed by atoms with Crippen LogP contribution >= 0.6 is 0 Å². The van der Waals surface area contributed by atoms with E-state index in [1.54, 1.807) is 13.8 Å². The van der Waals surface area contributed by atoms with Gasteiger partial charge in [0.25, 0.3) is 5.56 Å². The first-order valence-corrected chi connectivity index (χ1v) is 7.81. The van der Waals surface area contributed by atoms with Gasteiger partial charge in [-0.3, -0.25) is 9.59 Å². The van der Waals surface area contributed by atoms with Crippen molar-refractivity contribution >= 4 is 5.91 Å². The first-order chi connectivity index (χ1) is 11.3. The number of aryl methyl sites for hydroxylation is 2. The van der Waals surface area contributed by atoms with Crippen LogP contribution in [-0.2, 0) is 11.2 Å². The molecule has 0 radical (unpaired) electrons. The molecule has 0 aromatic carbocycles. The van der Waals surface area contributed by atoms with Gasteiger partial charge >= 0.3 is 0 Å². The average Bonchev–Trinajstić information content (AvgIpc) is 2.93. The van der Waals surface area contributed by atoms with E-state index in [9.17, 15) is 9.59 Å². The van der Waals surface area contributed by atoms with Crippen LogP contribution in [0, 0.1) is 32.1 Å². The van der Waals surface area contributed by atoms with Gasteiger partial charge < -0.3 is 14.7 Å². The molecule has 6 heteroatoms. The van der Waals surface area contributed by atoms with E-state index in [1.807, 2.05) is 32.0 Å². The number of aromatic nitrogens is 1. The van der Waals surface area contributed by atoms with Crippen molar-refractivity contribution in [1.29, 1.82) is 5.26 Å². The Morgan fingerprint density at radius 2 is 2.08 bits per heavy atom. The molecule has 2 heterocycles. The van der Waals surface area contributed by atoms with Gasteiger partial charge in [0.2, 0.25) is 5.91 Å². The molecule has 1 amide bonds. The van der Waals surface area contributed by atoms with E-state index in [0.29, 0.717) is 23.4 Å². The van der Waals surface area contributed by atoms with E-state index in [0.717, 1.165) is 11.3 Å². The highest BCUT2D eigenvalue weighted by Gasteiger charge is 2.16. The minimum absolute atomic E-state index is 0.107. The second-order valence-electron chi connectivity index (χ2n) is 5.91. The SMILES string of the molecule is Cc1ccc([C@@H](C)NC(=O)CCc2c(C)[nH]c(=O)c(C#N)c2C)o1. The number of carbonyl (C=O) groups is 1. The number of nitrogens with zero attached hydrogens (tertiary/aromatic N) is 1. The van der Waals surface area contributed by atoms with Crippen molar-refractivity contribution in [2.75, 3.05) is 0 Å². The van der Waals surface area contributed by atoms with Crippen molar-refractivity contribution in [3.63, 3.8) is 0 Å². The third-order valence-corrected chi connectivity index (χ3v) is 4.09. The van der Waals surface area contributed by atoms with Gasteiger partial charge in [0.15, 0.2) is 0 Å². The number of nitriles is 1. The fourth-order valence-electron chi connectivity index (χ4n) is 2.73. The molecule has 0 saturated heterocycles. The maximum Gasteiger partial charge on any atom is 0.266 e. The van der Waals surface area contributed by atoms with Gasteiger partial charge in [0.1, 0.15) is 23.2 Å². The Kier molecular flexibility index (Phi) is 5.24. The summed E-state index contributed by atoms with van der Waals surface area (Å²) in [6.07, 6.45) is 0.724. The van der Waals surface area contributed by atoms with E-state index in [-0.39, 0.29) is 29.5 Å². The summed E-state index contributed by atoms with van der Waals surface area (Å²) >= 11 is 0. The molecule has 24 heavy (non-hydrogen) atoms. The monoisotopic (exact) mass is 327 g/mol. The molecule has 0 saturated carbocycles. The molecule has 6 nitrogen and oxygen atoms in total. The third kappa shape index (κ3) is 3.74. The number of carbonyl (C=O) groups excluding carboxylic acids is 1. The summed E-state index contributed by atoms with van der Waals surface area (Å²) in [5.74, 6) is 1.40. The van der Waals surface area contributed by atoms with Gasteiger partial charge in [0.05, 0.1) is 6.04 Å². The van der Waals surface area contributed by atoms with Crippen molar-refractivity contribution in [1.82, 2.24) is 10.3 Å². The molecular formula is C18H21N3O3. The molecular weight excluding hydrogens is 306 g/mol. The molecule has 2 rings (SSSR count). The van der Waals surface area contributed by atoms with Crippen LogP contribution < -0.4 is 10.9 Å². The van der Waals surface area contributed by atoms with E-state index < -0.39 is 0 Å². The van der Waals surface area contributed by atoms with Crippen molar-refractivity contribution in [2.45, 2.75) is 46.6 Å². The molecule has 2 N–H and O–H groups in total. The largest absolute Gasteiger partial charge is 0.464 e. The number of hydrogen-bond acceptors (Lipinski definition) is 4. The number of H-pyrrole nitrogens is 1. The number of amides is 1. The van der Waals surface area contributed by atoms with Crippen LogP contribution in [0.25, 0.3) is 0 Å². The lowest BCUT2D eigenvalue weighted by atomic mass is 9.99. The topological polar surface area (TPSA) is 98.9 Å². The first kappa shape index (κ1) is 17.5. The number of hydrogen-bond donors (Lipinski definition) is 2. The molecule has 126 valence electrons. The molecule has 0 unspecified atom stereocenters. The molecule has 2 aromatic heterocycles. The number of aromatic amines is 1. The Morgan fingerprint density at radius 3 is 2.67 bits per heavy atom. The van der Waals surface area contributed by atoms with Crippen LogP contribution in [0.4, 0.5) is 0 Å². The lowest BCUT2D eigenvalue weighted by molar-refractivity contribution is -0.121. The zero-order valence-electron chi connectivity index (χ0n) is 14.3. The van der Waals surface area contributed by atoms with E-state index in [1.165, 1.54) is 0 Å². The maximum atomic E-state index is 12.2. The standard InChI is InChI=1S/C18H21N3O3/c1-10-5-7-16(24-10)13(4)20-17(22)8-6-14-11(2)15(9-19)18(23)21-12(14)3/h5,7,13H,6,8H2,1-4H3,(H,20,22)(H,21,23)/t13-/m1/s1. The van der Waals surface area contributed by atoms with Crippen LogP contribution in [0.2, 0.25) is 0 Å². The number of pyridine rings is 1. The molecule has 0 spiro atoms. The van der Waals surface area contributed by atoms with Gasteiger partial charge in [-0.1, -0.05) is 0 Å². The van der Waals surface area contributed by atoms with Gasteiger partial charge in [-0.2, -0.15) is 5.26 Å². The summed E-state index contributed by atoms with van der Waals surface area (Å²) < 4.78 is 5.50. The summed E-state index contributed by atoms with van der Waals surface area (Å²) in [4.78, 5) is 26.5. The summed E-state index contributed by atoms with van der Waals surface area (Å²) in [5, 5.41) is 12.0. The molecule has 0 aliphatic heterocycles. The van der Waals surface area contributed by atoms with E-state index in [4.69, 9.17) is 9.68 Å². The van der Waals surface area contributed by atoms with Gasteiger partial charge in [0, 0.05) is 12.1 Å². The molecule has 0 aliphatic carbocycles.